The lowest BCUT2D eigenvalue weighted by atomic mass is 10.1. The first-order chi connectivity index (χ1) is 17.1. The van der Waals surface area contributed by atoms with Crippen LogP contribution in [0.4, 0.5) is 0 Å². The van der Waals surface area contributed by atoms with Gasteiger partial charge in [-0.2, -0.15) is 5.10 Å². The smallest absolute Gasteiger partial charge is 0.275 e. The van der Waals surface area contributed by atoms with Crippen molar-refractivity contribution in [2.75, 3.05) is 59.0 Å². The third kappa shape index (κ3) is 5.11. The Morgan fingerprint density at radius 3 is 2.14 bits per heavy atom. The average Bonchev–Trinajstić information content (AvgIpc) is 2.91. The summed E-state index contributed by atoms with van der Waals surface area (Å²) in [5.41, 5.74) is 0.979. The maximum Gasteiger partial charge on any atom is 0.275 e. The molecule has 0 atom stereocenters. The molecule has 35 heavy (non-hydrogen) atoms. The van der Waals surface area contributed by atoms with Gasteiger partial charge in [0, 0.05) is 44.7 Å². The van der Waals surface area contributed by atoms with E-state index >= 15 is 0 Å². The standard InChI is InChI=1S/C26H29N5O4/c32-23(19-28-14-16-35-17-15-28)29-10-12-30(13-11-29)26(34)24-21-8-4-5-9-22(21)25(33)31(27-24)18-20-6-2-1-3-7-20/h1-9H,10-19H2. The molecule has 2 aromatic carbocycles. The summed E-state index contributed by atoms with van der Waals surface area (Å²) in [6, 6.07) is 16.7. The van der Waals surface area contributed by atoms with Crippen LogP contribution in [0.25, 0.3) is 10.8 Å². The molecule has 0 aliphatic carbocycles. The molecule has 2 fully saturated rings. The topological polar surface area (TPSA) is 88.0 Å². The highest BCUT2D eigenvalue weighted by Crippen LogP contribution is 2.17. The Balaban J connectivity index is 1.33. The summed E-state index contributed by atoms with van der Waals surface area (Å²) in [7, 11) is 0. The van der Waals surface area contributed by atoms with Crippen LogP contribution < -0.4 is 5.56 Å². The van der Waals surface area contributed by atoms with E-state index in [1.807, 2.05) is 41.3 Å². The average molecular weight is 476 g/mol. The van der Waals surface area contributed by atoms with Crippen molar-refractivity contribution in [3.05, 3.63) is 76.2 Å². The fourth-order valence-electron chi connectivity index (χ4n) is 4.62. The van der Waals surface area contributed by atoms with Gasteiger partial charge in [-0.25, -0.2) is 4.68 Å². The van der Waals surface area contributed by atoms with Crippen LogP contribution >= 0.6 is 0 Å². The maximum absolute atomic E-state index is 13.5. The van der Waals surface area contributed by atoms with E-state index in [1.165, 1.54) is 4.68 Å². The fraction of sp³-hybridized carbons (Fsp3) is 0.385. The normalized spacial score (nSPS) is 17.0. The molecule has 2 aliphatic rings. The number of fused-ring (bicyclic) bond motifs is 1. The second kappa shape index (κ2) is 10.4. The number of hydrogen-bond donors (Lipinski definition) is 0. The molecule has 0 unspecified atom stereocenters. The van der Waals surface area contributed by atoms with Gasteiger partial charge in [0.15, 0.2) is 5.69 Å². The van der Waals surface area contributed by atoms with Gasteiger partial charge in [0.1, 0.15) is 0 Å². The molecular formula is C26H29N5O4. The molecule has 0 bridgehead atoms. The number of morpholine rings is 1. The summed E-state index contributed by atoms with van der Waals surface area (Å²) in [5, 5.41) is 5.54. The van der Waals surface area contributed by atoms with Gasteiger partial charge < -0.3 is 14.5 Å². The van der Waals surface area contributed by atoms with E-state index in [1.54, 1.807) is 23.1 Å². The number of amides is 2. The number of carbonyl (C=O) groups excluding carboxylic acids is 2. The van der Waals surface area contributed by atoms with E-state index in [9.17, 15) is 14.4 Å². The van der Waals surface area contributed by atoms with E-state index in [0.29, 0.717) is 56.7 Å². The highest BCUT2D eigenvalue weighted by Gasteiger charge is 2.28. The lowest BCUT2D eigenvalue weighted by molar-refractivity contribution is -0.134. The Morgan fingerprint density at radius 2 is 1.43 bits per heavy atom. The van der Waals surface area contributed by atoms with Crippen molar-refractivity contribution in [3.63, 3.8) is 0 Å². The molecule has 2 amide bonds. The number of benzene rings is 2. The fourth-order valence-corrected chi connectivity index (χ4v) is 4.62. The molecule has 182 valence electrons. The van der Waals surface area contributed by atoms with Gasteiger partial charge in [-0.1, -0.05) is 48.5 Å². The van der Waals surface area contributed by atoms with Gasteiger partial charge >= 0.3 is 0 Å². The molecular weight excluding hydrogens is 446 g/mol. The van der Waals surface area contributed by atoms with Gasteiger partial charge in [0.25, 0.3) is 11.5 Å². The van der Waals surface area contributed by atoms with Crippen LogP contribution in [0.5, 0.6) is 0 Å². The molecule has 9 heteroatoms. The van der Waals surface area contributed by atoms with Crippen molar-refractivity contribution >= 4 is 22.6 Å². The van der Waals surface area contributed by atoms with Crippen molar-refractivity contribution < 1.29 is 14.3 Å². The minimum Gasteiger partial charge on any atom is -0.379 e. The molecule has 3 aromatic rings. The number of hydrogen-bond acceptors (Lipinski definition) is 6. The first-order valence-electron chi connectivity index (χ1n) is 12.0. The van der Waals surface area contributed by atoms with Crippen LogP contribution in [0.15, 0.2) is 59.4 Å². The summed E-state index contributed by atoms with van der Waals surface area (Å²) < 4.78 is 6.72. The molecule has 0 N–H and O–H groups in total. The molecule has 0 saturated carbocycles. The molecule has 2 saturated heterocycles. The number of ether oxygens (including phenoxy) is 1. The second-order valence-corrected chi connectivity index (χ2v) is 8.90. The van der Waals surface area contributed by atoms with E-state index < -0.39 is 0 Å². The van der Waals surface area contributed by atoms with E-state index in [4.69, 9.17) is 4.74 Å². The van der Waals surface area contributed by atoms with E-state index in [-0.39, 0.29) is 29.6 Å². The quantitative estimate of drug-likeness (QED) is 0.549. The Bertz CT molecular complexity index is 1260. The molecule has 2 aliphatic heterocycles. The third-order valence-electron chi connectivity index (χ3n) is 6.63. The van der Waals surface area contributed by atoms with Crippen molar-refractivity contribution in [1.82, 2.24) is 24.5 Å². The van der Waals surface area contributed by atoms with Crippen LogP contribution in [-0.4, -0.2) is 95.3 Å². The van der Waals surface area contributed by atoms with Crippen LogP contribution in [0.1, 0.15) is 16.1 Å². The molecule has 1 aromatic heterocycles. The number of piperazine rings is 1. The molecule has 0 radical (unpaired) electrons. The molecule has 0 spiro atoms. The van der Waals surface area contributed by atoms with Crippen molar-refractivity contribution in [3.8, 4) is 0 Å². The molecule has 3 heterocycles. The van der Waals surface area contributed by atoms with Gasteiger partial charge in [0.05, 0.1) is 31.7 Å². The van der Waals surface area contributed by atoms with Crippen molar-refractivity contribution in [2.45, 2.75) is 6.54 Å². The Kier molecular flexibility index (Phi) is 6.87. The van der Waals surface area contributed by atoms with Crippen LogP contribution in [0, 0.1) is 0 Å². The van der Waals surface area contributed by atoms with E-state index in [2.05, 4.69) is 10.00 Å². The Labute approximate surface area is 203 Å². The highest BCUT2D eigenvalue weighted by molar-refractivity contribution is 6.04. The van der Waals surface area contributed by atoms with Gasteiger partial charge in [-0.3, -0.25) is 19.3 Å². The summed E-state index contributed by atoms with van der Waals surface area (Å²) in [6.07, 6.45) is 0. The Hall–Kier alpha value is -3.56. The van der Waals surface area contributed by atoms with Crippen molar-refractivity contribution in [1.29, 1.82) is 0 Å². The third-order valence-corrected chi connectivity index (χ3v) is 6.63. The first-order valence-corrected chi connectivity index (χ1v) is 12.0. The number of rotatable bonds is 5. The highest BCUT2D eigenvalue weighted by atomic mass is 16.5. The van der Waals surface area contributed by atoms with Gasteiger partial charge in [-0.05, 0) is 11.6 Å². The van der Waals surface area contributed by atoms with Gasteiger partial charge in [-0.15, -0.1) is 0 Å². The zero-order valence-corrected chi connectivity index (χ0v) is 19.6. The van der Waals surface area contributed by atoms with Crippen LogP contribution in [0.3, 0.4) is 0 Å². The Morgan fingerprint density at radius 1 is 0.800 bits per heavy atom. The maximum atomic E-state index is 13.5. The lowest BCUT2D eigenvalue weighted by Crippen LogP contribution is -2.53. The number of aromatic nitrogens is 2. The lowest BCUT2D eigenvalue weighted by Gasteiger charge is -2.36. The summed E-state index contributed by atoms with van der Waals surface area (Å²) in [5.74, 6) is -0.137. The minimum absolute atomic E-state index is 0.0824. The first kappa shape index (κ1) is 23.2. The van der Waals surface area contributed by atoms with E-state index in [0.717, 1.165) is 18.7 Å². The summed E-state index contributed by atoms with van der Waals surface area (Å²) in [6.45, 7) is 5.34. The summed E-state index contributed by atoms with van der Waals surface area (Å²) in [4.78, 5) is 45.0. The van der Waals surface area contributed by atoms with Crippen molar-refractivity contribution in [2.24, 2.45) is 0 Å². The SMILES string of the molecule is O=C(CN1CCOCC1)N1CCN(C(=O)c2nn(Cc3ccccc3)c(=O)c3ccccc23)CC1. The zero-order valence-electron chi connectivity index (χ0n) is 19.6. The largest absolute Gasteiger partial charge is 0.379 e. The van der Waals surface area contributed by atoms with Gasteiger partial charge in [0.2, 0.25) is 5.91 Å². The molecule has 5 rings (SSSR count). The monoisotopic (exact) mass is 475 g/mol. The minimum atomic E-state index is -0.223. The number of nitrogens with zero attached hydrogens (tertiary/aromatic N) is 5. The zero-order chi connectivity index (χ0) is 24.2. The molecule has 9 nitrogen and oxygen atoms in total. The second-order valence-electron chi connectivity index (χ2n) is 8.90. The number of carbonyl (C=O) groups is 2. The predicted octanol–water partition coefficient (Wildman–Crippen LogP) is 1.06. The van der Waals surface area contributed by atoms with Crippen LogP contribution in [0.2, 0.25) is 0 Å². The predicted molar refractivity (Wildman–Crippen MR) is 131 cm³/mol. The van der Waals surface area contributed by atoms with Crippen LogP contribution in [-0.2, 0) is 16.1 Å². The summed E-state index contributed by atoms with van der Waals surface area (Å²) >= 11 is 0.